The molecule has 2 rings (SSSR count). The zero-order chi connectivity index (χ0) is 18.9. The van der Waals surface area contributed by atoms with Crippen molar-refractivity contribution in [1.29, 1.82) is 0 Å². The average molecular weight is 361 g/mol. The molecule has 1 aromatic heterocycles. The van der Waals surface area contributed by atoms with Crippen LogP contribution in [0, 0.1) is 17.0 Å². The Morgan fingerprint density at radius 2 is 2.19 bits per heavy atom. The number of nitrogens with zero attached hydrogens (tertiary/aromatic N) is 3. The predicted molar refractivity (Wildman–Crippen MR) is 97.8 cm³/mol. The maximum absolute atomic E-state index is 10.9. The lowest BCUT2D eigenvalue weighted by atomic mass is 10.2. The number of benzene rings is 1. The van der Waals surface area contributed by atoms with Crippen LogP contribution in [0.3, 0.4) is 0 Å². The maximum atomic E-state index is 10.9. The Balaban J connectivity index is 1.98. The van der Waals surface area contributed by atoms with Crippen molar-refractivity contribution in [2.45, 2.75) is 19.9 Å². The van der Waals surface area contributed by atoms with Crippen molar-refractivity contribution in [2.24, 2.45) is 0 Å². The molecule has 9 nitrogen and oxygen atoms in total. The van der Waals surface area contributed by atoms with Crippen LogP contribution in [0.4, 0.5) is 5.69 Å². The van der Waals surface area contributed by atoms with Crippen molar-refractivity contribution < 1.29 is 14.4 Å². The molecule has 0 radical (unpaired) electrons. The molecule has 140 valence electrons. The van der Waals surface area contributed by atoms with Crippen LogP contribution >= 0.6 is 0 Å². The predicted octanol–water partition coefficient (Wildman–Crippen LogP) is 2.38. The summed E-state index contributed by atoms with van der Waals surface area (Å²) in [6.07, 6.45) is 5.40. The Bertz CT molecular complexity index is 772. The third-order valence-electron chi connectivity index (χ3n) is 3.58. The maximum Gasteiger partial charge on any atom is 0.274 e. The van der Waals surface area contributed by atoms with Gasteiger partial charge in [0.1, 0.15) is 11.5 Å². The molecule has 2 aromatic rings. The number of ether oxygens (including phenoxy) is 2. The molecular weight excluding hydrogens is 338 g/mol. The Morgan fingerprint density at radius 3 is 2.81 bits per heavy atom. The summed E-state index contributed by atoms with van der Waals surface area (Å²) in [7, 11) is 3.08. The van der Waals surface area contributed by atoms with Gasteiger partial charge in [-0.15, -0.1) is 0 Å². The summed E-state index contributed by atoms with van der Waals surface area (Å²) in [4.78, 5) is 14.6. The van der Waals surface area contributed by atoms with E-state index in [9.17, 15) is 10.1 Å². The van der Waals surface area contributed by atoms with Gasteiger partial charge in [0.2, 0.25) is 0 Å². The van der Waals surface area contributed by atoms with E-state index in [4.69, 9.17) is 9.47 Å². The van der Waals surface area contributed by atoms with Crippen LogP contribution in [0.1, 0.15) is 12.1 Å². The fourth-order valence-corrected chi connectivity index (χ4v) is 2.35. The summed E-state index contributed by atoms with van der Waals surface area (Å²) in [6, 6.07) is 5.19. The molecular formula is C17H23N5O4. The molecule has 0 aliphatic heterocycles. The summed E-state index contributed by atoms with van der Waals surface area (Å²) in [6.45, 7) is 3.26. The lowest BCUT2D eigenvalue weighted by molar-refractivity contribution is -0.403. The molecule has 0 aliphatic carbocycles. The van der Waals surface area contributed by atoms with Crippen LogP contribution < -0.4 is 20.1 Å². The third kappa shape index (κ3) is 5.69. The van der Waals surface area contributed by atoms with Gasteiger partial charge in [0, 0.05) is 25.4 Å². The Labute approximate surface area is 151 Å². The van der Waals surface area contributed by atoms with Crippen LogP contribution in [0.25, 0.3) is 0 Å². The topological polar surface area (TPSA) is 103 Å². The highest BCUT2D eigenvalue weighted by Crippen LogP contribution is 2.29. The van der Waals surface area contributed by atoms with Gasteiger partial charge in [-0.1, -0.05) is 0 Å². The van der Waals surface area contributed by atoms with Crippen molar-refractivity contribution in [3.63, 3.8) is 0 Å². The Hall–Kier alpha value is -3.23. The number of hydrogen-bond donors (Lipinski definition) is 2. The molecule has 0 aliphatic rings. The van der Waals surface area contributed by atoms with Crippen molar-refractivity contribution >= 4 is 5.69 Å². The zero-order valence-electron chi connectivity index (χ0n) is 15.1. The number of methoxy groups -OCH3 is 2. The Kier molecular flexibility index (Phi) is 6.84. The molecule has 0 bridgehead atoms. The second-order valence-corrected chi connectivity index (χ2v) is 5.55. The van der Waals surface area contributed by atoms with Gasteiger partial charge in [-0.05, 0) is 25.5 Å². The molecule has 1 aromatic carbocycles. The van der Waals surface area contributed by atoms with E-state index in [2.05, 4.69) is 15.6 Å². The number of imidazole rings is 1. The highest BCUT2D eigenvalue weighted by Gasteiger charge is 2.09. The number of aryl methyl sites for hydroxylation is 2. The number of hydrogen-bond acceptors (Lipinski definition) is 7. The highest BCUT2D eigenvalue weighted by molar-refractivity contribution is 5.61. The van der Waals surface area contributed by atoms with Gasteiger partial charge in [0.05, 0.1) is 36.9 Å². The van der Waals surface area contributed by atoms with E-state index < -0.39 is 4.92 Å². The highest BCUT2D eigenvalue weighted by atomic mass is 16.6. The molecule has 2 N–H and O–H groups in total. The lowest BCUT2D eigenvalue weighted by Gasteiger charge is -2.15. The number of nitrogens with one attached hydrogen (secondary N) is 2. The number of rotatable bonds is 10. The monoisotopic (exact) mass is 361 g/mol. The van der Waals surface area contributed by atoms with E-state index in [0.717, 1.165) is 24.9 Å². The van der Waals surface area contributed by atoms with Crippen LogP contribution in [-0.4, -0.2) is 35.2 Å². The van der Waals surface area contributed by atoms with Crippen molar-refractivity contribution in [1.82, 2.24) is 14.9 Å². The molecule has 26 heavy (non-hydrogen) atoms. The molecule has 0 unspecified atom stereocenters. The van der Waals surface area contributed by atoms with Gasteiger partial charge in [-0.3, -0.25) is 10.1 Å². The lowest BCUT2D eigenvalue weighted by Crippen LogP contribution is -2.23. The van der Waals surface area contributed by atoms with Crippen LogP contribution in [-0.2, 0) is 6.54 Å². The van der Waals surface area contributed by atoms with Gasteiger partial charge < -0.3 is 24.7 Å². The molecule has 1 heterocycles. The van der Waals surface area contributed by atoms with Crippen molar-refractivity contribution in [3.8, 4) is 11.5 Å². The summed E-state index contributed by atoms with van der Waals surface area (Å²) in [5.74, 6) is 1.44. The zero-order valence-corrected chi connectivity index (χ0v) is 15.1. The van der Waals surface area contributed by atoms with E-state index in [1.54, 1.807) is 31.6 Å². The molecule has 0 atom stereocenters. The molecule has 0 spiro atoms. The first-order valence-electron chi connectivity index (χ1n) is 8.08. The smallest absolute Gasteiger partial charge is 0.274 e. The SMILES string of the molecule is COc1ccc(NC(=C[N+](=O)[O-])NCCCn2cnc(C)c2)c(OC)c1. The van der Waals surface area contributed by atoms with Gasteiger partial charge in [0.25, 0.3) is 6.20 Å². The summed E-state index contributed by atoms with van der Waals surface area (Å²) < 4.78 is 12.4. The molecule has 0 fully saturated rings. The second kappa shape index (κ2) is 9.30. The quantitative estimate of drug-likeness (QED) is 0.380. The summed E-state index contributed by atoms with van der Waals surface area (Å²) in [5.41, 5.74) is 1.55. The molecule has 9 heteroatoms. The first kappa shape index (κ1) is 19.1. The molecule has 0 amide bonds. The fourth-order valence-electron chi connectivity index (χ4n) is 2.35. The molecule has 0 saturated heterocycles. The third-order valence-corrected chi connectivity index (χ3v) is 3.58. The summed E-state index contributed by atoms with van der Waals surface area (Å²) >= 11 is 0. The van der Waals surface area contributed by atoms with Crippen molar-refractivity contribution in [2.75, 3.05) is 26.1 Å². The van der Waals surface area contributed by atoms with Crippen LogP contribution in [0.15, 0.2) is 42.7 Å². The first-order valence-corrected chi connectivity index (χ1v) is 8.08. The summed E-state index contributed by atoms with van der Waals surface area (Å²) in [5, 5.41) is 16.9. The number of aromatic nitrogens is 2. The van der Waals surface area contributed by atoms with E-state index >= 15 is 0 Å². The van der Waals surface area contributed by atoms with E-state index in [0.29, 0.717) is 23.7 Å². The van der Waals surface area contributed by atoms with Crippen LogP contribution in [0.5, 0.6) is 11.5 Å². The van der Waals surface area contributed by atoms with Gasteiger partial charge in [-0.25, -0.2) is 4.98 Å². The minimum Gasteiger partial charge on any atom is -0.497 e. The van der Waals surface area contributed by atoms with Gasteiger partial charge in [-0.2, -0.15) is 0 Å². The van der Waals surface area contributed by atoms with E-state index in [1.807, 2.05) is 17.7 Å². The minimum atomic E-state index is -0.509. The normalized spacial score (nSPS) is 11.1. The second-order valence-electron chi connectivity index (χ2n) is 5.55. The van der Waals surface area contributed by atoms with E-state index in [1.165, 1.54) is 7.11 Å². The fraction of sp³-hybridized carbons (Fsp3) is 0.353. The first-order chi connectivity index (χ1) is 12.5. The Morgan fingerprint density at radius 1 is 1.38 bits per heavy atom. The standard InChI is InChI=1S/C17H23N5O4/c1-13-10-21(12-19-13)8-4-7-18-17(11-22(23)24)20-15-6-5-14(25-2)9-16(15)26-3/h5-6,9-12,18,20H,4,7-8H2,1-3H3. The van der Waals surface area contributed by atoms with Gasteiger partial charge in [0.15, 0.2) is 5.82 Å². The van der Waals surface area contributed by atoms with Gasteiger partial charge >= 0.3 is 0 Å². The minimum absolute atomic E-state index is 0.278. The van der Waals surface area contributed by atoms with Crippen molar-refractivity contribution in [3.05, 3.63) is 58.6 Å². The number of nitro groups is 1. The van der Waals surface area contributed by atoms with E-state index in [-0.39, 0.29) is 5.82 Å². The largest absolute Gasteiger partial charge is 0.497 e. The van der Waals surface area contributed by atoms with Crippen LogP contribution in [0.2, 0.25) is 0 Å². The number of anilines is 1. The average Bonchev–Trinajstić information content (AvgIpc) is 3.03. The molecule has 0 saturated carbocycles.